The quantitative estimate of drug-likeness (QED) is 0.0485. The fourth-order valence-electron chi connectivity index (χ4n) is 21.6. The van der Waals surface area contributed by atoms with Crippen molar-refractivity contribution in [1.29, 1.82) is 0 Å². The summed E-state index contributed by atoms with van der Waals surface area (Å²) in [5.74, 6) is 10.9. The zero-order valence-electron chi connectivity index (χ0n) is 70.8. The van der Waals surface area contributed by atoms with Gasteiger partial charge in [0.1, 0.15) is 11.6 Å². The van der Waals surface area contributed by atoms with Crippen LogP contribution in [0.4, 0.5) is 0 Å². The van der Waals surface area contributed by atoms with Gasteiger partial charge < -0.3 is 24.2 Å². The first-order valence-corrected chi connectivity index (χ1v) is 46.8. The van der Waals surface area contributed by atoms with E-state index in [0.29, 0.717) is 28.5 Å². The third kappa shape index (κ3) is 39.4. The Hall–Kier alpha value is -1.30. The van der Waals surface area contributed by atoms with Crippen molar-refractivity contribution in [3.05, 3.63) is 23.8 Å². The normalized spacial score (nSPS) is 26.7. The Morgan fingerprint density at radius 2 is 0.951 bits per heavy atom. The minimum Gasteiger partial charge on any atom is -0.393 e. The number of hydrogen-bond donors (Lipinski definition) is 1. The molecule has 0 amide bonds. The first-order valence-electron chi connectivity index (χ1n) is 46.8. The molecule has 0 saturated heterocycles. The summed E-state index contributed by atoms with van der Waals surface area (Å²) in [7, 11) is 0. The summed E-state index contributed by atoms with van der Waals surface area (Å²) in [5, 5.41) is 10.2. The van der Waals surface area contributed by atoms with E-state index in [-0.39, 0.29) is 6.10 Å². The molecule has 4 bridgehead atoms. The lowest BCUT2D eigenvalue weighted by atomic mass is 9.47. The number of allylic oxidation sites excluding steroid dienone is 3. The molecule has 0 aromatic heterocycles. The molecule has 8 rings (SSSR count). The summed E-state index contributed by atoms with van der Waals surface area (Å²) in [6.07, 6.45) is 91.8. The van der Waals surface area contributed by atoms with Crippen molar-refractivity contribution in [3.63, 3.8) is 0 Å². The van der Waals surface area contributed by atoms with Crippen molar-refractivity contribution >= 4 is 11.6 Å². The third-order valence-corrected chi connectivity index (χ3v) is 27.8. The van der Waals surface area contributed by atoms with E-state index < -0.39 is 0 Å². The molecule has 0 spiro atoms. The topological polar surface area (TPSA) is 72.8 Å². The van der Waals surface area contributed by atoms with Gasteiger partial charge in [-0.15, -0.1) is 0 Å². The van der Waals surface area contributed by atoms with Crippen LogP contribution in [0, 0.1) is 75.9 Å². The molecule has 6 unspecified atom stereocenters. The maximum absolute atomic E-state index is 11.2. The van der Waals surface area contributed by atoms with Gasteiger partial charge in [-0.2, -0.15) is 0 Å². The SMILES string of the molecule is CC(=O)CC1C2CC3CC(C2)CC1C3.CC(C)CCCC(C)C1CCC2C3CC=C4C[C@H](O)CC[C@]4(C)C3CC[C@]12C.CCCCCCCC/C=C\CCCCCCCCCC(C)=O.CCCCCCCCCCCCCCCCOCC(CC)OCCCCCCCCCCCCCCCC. The van der Waals surface area contributed by atoms with Gasteiger partial charge in [-0.3, -0.25) is 0 Å². The van der Waals surface area contributed by atoms with Gasteiger partial charge in [0.15, 0.2) is 0 Å². The zero-order chi connectivity index (χ0) is 73.7. The molecule has 0 aromatic carbocycles. The molecule has 8 aliphatic carbocycles. The van der Waals surface area contributed by atoms with Gasteiger partial charge in [0.2, 0.25) is 0 Å². The highest BCUT2D eigenvalue weighted by molar-refractivity contribution is 5.76. The van der Waals surface area contributed by atoms with E-state index in [2.05, 4.69) is 80.5 Å². The maximum atomic E-state index is 11.2. The van der Waals surface area contributed by atoms with Gasteiger partial charge in [-0.1, -0.05) is 337 Å². The van der Waals surface area contributed by atoms with Crippen LogP contribution >= 0.6 is 0 Å². The average molecular weight is 1430 g/mol. The van der Waals surface area contributed by atoms with Gasteiger partial charge in [0.05, 0.1) is 18.8 Å². The lowest BCUT2D eigenvalue weighted by Gasteiger charge is -2.58. The minimum atomic E-state index is -0.0766. The summed E-state index contributed by atoms with van der Waals surface area (Å²) in [5.41, 5.74) is 2.60. The smallest absolute Gasteiger partial charge is 0.130 e. The van der Waals surface area contributed by atoms with Crippen LogP contribution in [-0.2, 0) is 19.1 Å². The third-order valence-electron chi connectivity index (χ3n) is 27.8. The molecule has 102 heavy (non-hydrogen) atoms. The van der Waals surface area contributed by atoms with E-state index in [4.69, 9.17) is 9.47 Å². The molecule has 0 radical (unpaired) electrons. The molecular formula is C97H180O5. The molecule has 0 heterocycles. The highest BCUT2D eigenvalue weighted by Gasteiger charge is 2.59. The van der Waals surface area contributed by atoms with Crippen LogP contribution in [0.2, 0.25) is 0 Å². The van der Waals surface area contributed by atoms with Crippen molar-refractivity contribution in [2.75, 3.05) is 19.8 Å². The number of aliphatic hydroxyl groups excluding tert-OH is 1. The Morgan fingerprint density at radius 3 is 1.40 bits per heavy atom. The van der Waals surface area contributed by atoms with Crippen molar-refractivity contribution in [1.82, 2.24) is 0 Å². The fourth-order valence-corrected chi connectivity index (χ4v) is 21.6. The van der Waals surface area contributed by atoms with Crippen LogP contribution < -0.4 is 0 Å². The zero-order valence-corrected chi connectivity index (χ0v) is 70.8. The van der Waals surface area contributed by atoms with E-state index in [1.807, 2.05) is 0 Å². The lowest BCUT2D eigenvalue weighted by Crippen LogP contribution is -2.50. The van der Waals surface area contributed by atoms with Crippen LogP contribution in [0.5, 0.6) is 0 Å². The van der Waals surface area contributed by atoms with E-state index in [1.165, 1.54) is 360 Å². The van der Waals surface area contributed by atoms with Crippen LogP contribution in [0.3, 0.4) is 0 Å². The first kappa shape index (κ1) is 93.1. The molecule has 8 aliphatic rings. The standard InChI is InChI=1S/C36H74O2.C27H46O.C21H40O.C13H20O/c1-4-7-9-11-13-15-17-19-21-23-25-27-29-31-33-37-35-36(6-3)38-34-32-30-28-26-24-22-20-18-16-14-12-10-8-5-2;1-18(2)7-6-8-19(3)23-11-12-24-22-10-9-20-17-21(28)13-15-26(20,4)25(22)14-16-27(23,24)5;1-3-4-5-6-7-8-9-10-11-12-13-14-15-16-17-18-19-20-21(2)22;1-8(14)2-13-11-4-9-3-10(6-11)7-12(13)5-9/h36H,4-35H2,1-3H3;9,18-19,21-25,28H,6-8,10-17H2,1-5H3;10-11H,3-9,12-20H2,1-2H3;9-13H,2-7H2,1H3/b;;11-10-;/t;19?,21-,22?,23?,24?,25?,26+,27-;;/m.1../s1. The number of Topliss-reactive ketones (excluding diaryl/α,β-unsaturated/α-hetero) is 2. The predicted molar refractivity (Wildman–Crippen MR) is 446 cm³/mol. The average Bonchev–Trinajstić information content (AvgIpc) is 1.32. The molecule has 5 nitrogen and oxygen atoms in total. The lowest BCUT2D eigenvalue weighted by molar-refractivity contribution is -0.122. The van der Waals surface area contributed by atoms with Gasteiger partial charge in [0, 0.05) is 26.1 Å². The second-order valence-electron chi connectivity index (χ2n) is 37.1. The van der Waals surface area contributed by atoms with Crippen molar-refractivity contribution in [2.24, 2.45) is 75.9 Å². The van der Waals surface area contributed by atoms with Crippen molar-refractivity contribution in [3.8, 4) is 0 Å². The summed E-state index contributed by atoms with van der Waals surface area (Å²) in [4.78, 5) is 22.0. The van der Waals surface area contributed by atoms with Crippen LogP contribution in [-0.4, -0.2) is 48.7 Å². The number of ketones is 2. The summed E-state index contributed by atoms with van der Waals surface area (Å²) < 4.78 is 12.0. The summed E-state index contributed by atoms with van der Waals surface area (Å²) >= 11 is 0. The van der Waals surface area contributed by atoms with Crippen LogP contribution in [0.15, 0.2) is 23.8 Å². The Bertz CT molecular complexity index is 2030. The van der Waals surface area contributed by atoms with E-state index in [0.717, 1.165) is 123 Å². The Morgan fingerprint density at radius 1 is 0.500 bits per heavy atom. The number of fused-ring (bicyclic) bond motifs is 5. The van der Waals surface area contributed by atoms with Gasteiger partial charge in [-0.05, 0) is 225 Å². The molecule has 7 saturated carbocycles. The van der Waals surface area contributed by atoms with Crippen LogP contribution in [0.1, 0.15) is 474 Å². The number of rotatable bonds is 58. The van der Waals surface area contributed by atoms with E-state index >= 15 is 0 Å². The predicted octanol–water partition coefficient (Wildman–Crippen LogP) is 30.6. The molecule has 0 aliphatic heterocycles. The summed E-state index contributed by atoms with van der Waals surface area (Å²) in [6.45, 7) is 27.7. The largest absolute Gasteiger partial charge is 0.393 e. The molecule has 1 N–H and O–H groups in total. The monoisotopic (exact) mass is 1430 g/mol. The number of ether oxygens (including phenoxy) is 2. The number of carbonyl (C=O) groups excluding carboxylic acids is 2. The van der Waals surface area contributed by atoms with Crippen molar-refractivity contribution < 1.29 is 24.2 Å². The number of carbonyl (C=O) groups is 2. The van der Waals surface area contributed by atoms with Crippen LogP contribution in [0.25, 0.3) is 0 Å². The molecule has 5 heteroatoms. The highest BCUT2D eigenvalue weighted by Crippen LogP contribution is 2.67. The number of aliphatic hydroxyl groups is 1. The van der Waals surface area contributed by atoms with Crippen molar-refractivity contribution in [2.45, 2.75) is 486 Å². The van der Waals surface area contributed by atoms with E-state index in [1.54, 1.807) is 19.4 Å². The molecule has 9 atom stereocenters. The molecule has 0 aromatic rings. The molecule has 598 valence electrons. The molecular weight excluding hydrogens is 1250 g/mol. The minimum absolute atomic E-state index is 0.0766. The first-order chi connectivity index (χ1) is 49.6. The Labute approximate surface area is 638 Å². The Balaban J connectivity index is 0.000000303. The van der Waals surface area contributed by atoms with Gasteiger partial charge in [0.25, 0.3) is 0 Å². The fraction of sp³-hybridized carbons (Fsp3) is 0.938. The van der Waals surface area contributed by atoms with E-state index in [9.17, 15) is 14.7 Å². The highest BCUT2D eigenvalue weighted by atomic mass is 16.5. The maximum Gasteiger partial charge on any atom is 0.130 e. The van der Waals surface area contributed by atoms with Gasteiger partial charge >= 0.3 is 0 Å². The molecule has 7 fully saturated rings. The number of unbranched alkanes of at least 4 members (excludes halogenated alkanes) is 39. The second-order valence-corrected chi connectivity index (χ2v) is 37.1. The Kier molecular flexibility index (Phi) is 53.5. The summed E-state index contributed by atoms with van der Waals surface area (Å²) in [6, 6.07) is 0. The number of hydrogen-bond acceptors (Lipinski definition) is 5. The van der Waals surface area contributed by atoms with Gasteiger partial charge in [-0.25, -0.2) is 0 Å². The second kappa shape index (κ2) is 58.6.